The molecule has 0 bridgehead atoms. The average Bonchev–Trinajstić information content (AvgIpc) is 3.67. The summed E-state index contributed by atoms with van der Waals surface area (Å²) in [6.07, 6.45) is 5.92. The lowest BCUT2D eigenvalue weighted by Crippen LogP contribution is -2.45. The summed E-state index contributed by atoms with van der Waals surface area (Å²) in [5.41, 5.74) is 5.43. The number of nitrogens with one attached hydrogen (secondary N) is 2. The van der Waals surface area contributed by atoms with Gasteiger partial charge in [-0.05, 0) is 72.2 Å². The number of carbonyl (C=O) groups excluding carboxylic acids is 2. The third-order valence-corrected chi connectivity index (χ3v) is 7.33. The van der Waals surface area contributed by atoms with Gasteiger partial charge in [-0.2, -0.15) is 5.26 Å². The van der Waals surface area contributed by atoms with E-state index in [0.717, 1.165) is 23.4 Å². The van der Waals surface area contributed by atoms with Gasteiger partial charge in [0.15, 0.2) is 6.19 Å². The molecule has 1 atom stereocenters. The minimum atomic E-state index is -1.29. The number of rotatable bonds is 7. The van der Waals surface area contributed by atoms with Gasteiger partial charge < -0.3 is 10.4 Å². The average molecular weight is 497 g/mol. The van der Waals surface area contributed by atoms with Crippen LogP contribution in [0.3, 0.4) is 0 Å². The molecular weight excluding hydrogens is 464 g/mol. The molecule has 1 aliphatic carbocycles. The summed E-state index contributed by atoms with van der Waals surface area (Å²) in [6, 6.07) is 20.1. The van der Waals surface area contributed by atoms with Crippen molar-refractivity contribution in [3.05, 3.63) is 94.6 Å². The zero-order valence-corrected chi connectivity index (χ0v) is 21.6. The van der Waals surface area contributed by atoms with Crippen LogP contribution in [0.5, 0.6) is 0 Å². The summed E-state index contributed by atoms with van der Waals surface area (Å²) < 4.78 is 0. The Labute approximate surface area is 217 Å². The summed E-state index contributed by atoms with van der Waals surface area (Å²) >= 11 is 0. The normalized spacial score (nSPS) is 15.8. The molecule has 0 saturated heterocycles. The number of carbonyl (C=O) groups is 2. The molecule has 1 fully saturated rings. The van der Waals surface area contributed by atoms with E-state index >= 15 is 0 Å². The van der Waals surface area contributed by atoms with Crippen molar-refractivity contribution in [1.82, 2.24) is 15.8 Å². The van der Waals surface area contributed by atoms with Gasteiger partial charge in [-0.3, -0.25) is 15.0 Å². The lowest BCUT2D eigenvalue weighted by Gasteiger charge is -2.29. The smallest absolute Gasteiger partial charge is 0.328 e. The van der Waals surface area contributed by atoms with Crippen LogP contribution in [0, 0.1) is 18.4 Å². The van der Waals surface area contributed by atoms with E-state index in [1.807, 2.05) is 31.2 Å². The van der Waals surface area contributed by atoms with Crippen LogP contribution in [0.2, 0.25) is 0 Å². The lowest BCUT2D eigenvalue weighted by atomic mass is 9.81. The van der Waals surface area contributed by atoms with E-state index < -0.39 is 17.4 Å². The van der Waals surface area contributed by atoms with Crippen molar-refractivity contribution >= 4 is 22.6 Å². The van der Waals surface area contributed by atoms with Crippen molar-refractivity contribution in [3.63, 3.8) is 0 Å². The zero-order valence-electron chi connectivity index (χ0n) is 21.6. The van der Waals surface area contributed by atoms with Crippen LogP contribution >= 0.6 is 0 Å². The Hall–Kier alpha value is -4.15. The SMILES string of the molecule is CC(=CC1(c2ccc(C)c3ccccc23)CC1)C(C)(O)c1ccccc1CNC(=O)C(=O)NN(C)C#N. The van der Waals surface area contributed by atoms with Gasteiger partial charge >= 0.3 is 11.8 Å². The fraction of sp³-hybridized carbons (Fsp3) is 0.300. The van der Waals surface area contributed by atoms with E-state index in [-0.39, 0.29) is 12.0 Å². The molecule has 37 heavy (non-hydrogen) atoms. The number of amides is 2. The molecule has 3 N–H and O–H groups in total. The summed E-state index contributed by atoms with van der Waals surface area (Å²) in [5.74, 6) is -1.81. The summed E-state index contributed by atoms with van der Waals surface area (Å²) in [4.78, 5) is 24.2. The predicted molar refractivity (Wildman–Crippen MR) is 143 cm³/mol. The third kappa shape index (κ3) is 5.20. The second kappa shape index (κ2) is 10.1. The highest BCUT2D eigenvalue weighted by molar-refractivity contribution is 6.34. The monoisotopic (exact) mass is 496 g/mol. The molecule has 2 amide bonds. The van der Waals surface area contributed by atoms with Gasteiger partial charge in [-0.25, -0.2) is 5.01 Å². The van der Waals surface area contributed by atoms with Crippen LogP contribution in [0.15, 0.2) is 72.3 Å². The number of aryl methyl sites for hydroxylation is 1. The van der Waals surface area contributed by atoms with Gasteiger partial charge in [0.25, 0.3) is 0 Å². The maximum atomic E-state index is 12.2. The number of nitriles is 1. The first-order valence-electron chi connectivity index (χ1n) is 12.3. The van der Waals surface area contributed by atoms with Crippen LogP contribution in [0.4, 0.5) is 0 Å². The van der Waals surface area contributed by atoms with Crippen molar-refractivity contribution < 1.29 is 14.7 Å². The van der Waals surface area contributed by atoms with E-state index in [1.54, 1.807) is 13.1 Å². The summed E-state index contributed by atoms with van der Waals surface area (Å²) in [6.45, 7) is 5.88. The molecule has 0 radical (unpaired) electrons. The number of fused-ring (bicyclic) bond motifs is 1. The molecule has 0 aliphatic heterocycles. The first-order chi connectivity index (χ1) is 17.6. The van der Waals surface area contributed by atoms with Crippen molar-refractivity contribution in [2.45, 2.75) is 51.2 Å². The quantitative estimate of drug-likeness (QED) is 0.150. The number of hydrazine groups is 1. The largest absolute Gasteiger partial charge is 0.381 e. The van der Waals surface area contributed by atoms with E-state index in [1.165, 1.54) is 28.9 Å². The molecule has 0 spiro atoms. The van der Waals surface area contributed by atoms with Gasteiger partial charge in [0.05, 0.1) is 0 Å². The maximum Gasteiger partial charge on any atom is 0.328 e. The van der Waals surface area contributed by atoms with Gasteiger partial charge in [0.2, 0.25) is 0 Å². The number of aliphatic hydroxyl groups is 1. The molecule has 7 heteroatoms. The number of nitrogens with zero attached hydrogens (tertiary/aromatic N) is 2. The highest BCUT2D eigenvalue weighted by Gasteiger charge is 2.44. The molecule has 1 aliphatic rings. The van der Waals surface area contributed by atoms with E-state index in [9.17, 15) is 14.7 Å². The van der Waals surface area contributed by atoms with Crippen LogP contribution in [-0.4, -0.2) is 29.0 Å². The summed E-state index contributed by atoms with van der Waals surface area (Å²) in [5, 5.41) is 26.4. The highest BCUT2D eigenvalue weighted by atomic mass is 16.3. The molecule has 0 aromatic heterocycles. The van der Waals surface area contributed by atoms with Gasteiger partial charge in [-0.15, -0.1) is 0 Å². The Morgan fingerprint density at radius 1 is 1.08 bits per heavy atom. The van der Waals surface area contributed by atoms with Crippen LogP contribution < -0.4 is 10.7 Å². The highest BCUT2D eigenvalue weighted by Crippen LogP contribution is 2.53. The first kappa shape index (κ1) is 25.9. The third-order valence-electron chi connectivity index (χ3n) is 7.33. The van der Waals surface area contributed by atoms with Crippen molar-refractivity contribution in [2.75, 3.05) is 7.05 Å². The second-order valence-corrected chi connectivity index (χ2v) is 9.97. The molecule has 7 nitrogen and oxygen atoms in total. The Bertz CT molecular complexity index is 1430. The van der Waals surface area contributed by atoms with Gasteiger partial charge in [0, 0.05) is 19.0 Å². The lowest BCUT2D eigenvalue weighted by molar-refractivity contribution is -0.141. The molecular formula is C30H32N4O3. The number of hydrogen-bond acceptors (Lipinski definition) is 5. The van der Waals surface area contributed by atoms with Crippen molar-refractivity contribution in [1.29, 1.82) is 5.26 Å². The van der Waals surface area contributed by atoms with Crippen LogP contribution in [0.25, 0.3) is 10.8 Å². The van der Waals surface area contributed by atoms with Gasteiger partial charge in [-0.1, -0.05) is 66.7 Å². The van der Waals surface area contributed by atoms with Crippen LogP contribution in [0.1, 0.15) is 48.9 Å². The van der Waals surface area contributed by atoms with Gasteiger partial charge in [0.1, 0.15) is 5.60 Å². The fourth-order valence-electron chi connectivity index (χ4n) is 4.91. The van der Waals surface area contributed by atoms with Crippen LogP contribution in [-0.2, 0) is 27.1 Å². The Morgan fingerprint density at radius 2 is 1.73 bits per heavy atom. The molecule has 1 unspecified atom stereocenters. The number of hydrogen-bond donors (Lipinski definition) is 3. The Balaban J connectivity index is 1.60. The number of benzene rings is 3. The molecule has 3 aromatic carbocycles. The maximum absolute atomic E-state index is 12.2. The Morgan fingerprint density at radius 3 is 2.41 bits per heavy atom. The standard InChI is InChI=1S/C30H32N4O3/c1-20-13-14-26(24-11-7-6-10-23(20)24)30(15-16-30)17-21(2)29(3,37)25-12-8-5-9-22(25)18-32-27(35)28(36)33-34(4)19-31/h5-14,17,37H,15-16,18H2,1-4H3,(H,32,35)(H,33,36). The molecule has 0 heterocycles. The van der Waals surface area contributed by atoms with Crippen molar-refractivity contribution in [2.24, 2.45) is 0 Å². The predicted octanol–water partition coefficient (Wildman–Crippen LogP) is 4.09. The second-order valence-electron chi connectivity index (χ2n) is 9.97. The Kier molecular flexibility index (Phi) is 7.06. The van der Waals surface area contributed by atoms with E-state index in [0.29, 0.717) is 11.1 Å². The topological polar surface area (TPSA) is 105 Å². The molecule has 190 valence electrons. The molecule has 3 aromatic rings. The minimum absolute atomic E-state index is 0.0515. The first-order valence-corrected chi connectivity index (χ1v) is 12.3. The van der Waals surface area contributed by atoms with E-state index in [4.69, 9.17) is 5.26 Å². The number of allylic oxidation sites excluding steroid dienone is 1. The van der Waals surface area contributed by atoms with Crippen molar-refractivity contribution in [3.8, 4) is 6.19 Å². The minimum Gasteiger partial charge on any atom is -0.381 e. The zero-order chi connectivity index (χ0) is 26.8. The summed E-state index contributed by atoms with van der Waals surface area (Å²) in [7, 11) is 1.33. The molecule has 1 saturated carbocycles. The molecule has 4 rings (SSSR count). The fourth-order valence-corrected chi connectivity index (χ4v) is 4.91. The van der Waals surface area contributed by atoms with E-state index in [2.05, 4.69) is 60.1 Å².